The smallest absolute Gasteiger partial charge is 0.334 e. The summed E-state index contributed by atoms with van der Waals surface area (Å²) in [6.07, 6.45) is -0.111. The minimum atomic E-state index is -0.649. The Balaban J connectivity index is 1.44. The molecule has 0 aromatic heterocycles. The molecule has 9 heteroatoms. The number of likely N-dealkylation sites (N-methyl/N-ethyl adjacent to an activating group) is 1. The summed E-state index contributed by atoms with van der Waals surface area (Å²) in [5.41, 5.74) is 3.14. The number of hydrazine groups is 1. The van der Waals surface area contributed by atoms with Gasteiger partial charge >= 0.3 is 6.03 Å². The predicted octanol–water partition coefficient (Wildman–Crippen LogP) is 4.31. The minimum Gasteiger partial charge on any atom is -0.497 e. The molecule has 0 radical (unpaired) electrons. The van der Waals surface area contributed by atoms with Gasteiger partial charge in [-0.15, -0.1) is 0 Å². The fourth-order valence-electron chi connectivity index (χ4n) is 6.14. The summed E-state index contributed by atoms with van der Waals surface area (Å²) >= 11 is 0. The van der Waals surface area contributed by atoms with Crippen LogP contribution in [0, 0.1) is 5.92 Å². The third-order valence-corrected chi connectivity index (χ3v) is 8.25. The Bertz CT molecular complexity index is 1360. The van der Waals surface area contributed by atoms with Gasteiger partial charge in [0.2, 0.25) is 11.8 Å². The highest BCUT2D eigenvalue weighted by Crippen LogP contribution is 2.32. The van der Waals surface area contributed by atoms with Crippen molar-refractivity contribution >= 4 is 17.8 Å². The molecule has 1 N–H and O–H groups in total. The van der Waals surface area contributed by atoms with Crippen LogP contribution in [-0.2, 0) is 16.1 Å². The van der Waals surface area contributed by atoms with Crippen LogP contribution in [-0.4, -0.2) is 83.7 Å². The van der Waals surface area contributed by atoms with Crippen molar-refractivity contribution in [1.82, 2.24) is 25.1 Å². The molecule has 0 saturated carbocycles. The number of fused-ring (bicyclic) bond motifs is 1. The van der Waals surface area contributed by atoms with Crippen molar-refractivity contribution in [3.63, 3.8) is 0 Å². The maximum Gasteiger partial charge on any atom is 0.334 e. The normalized spacial score (nSPS) is 19.2. The van der Waals surface area contributed by atoms with E-state index < -0.39 is 12.2 Å². The number of hydrogen-bond acceptors (Lipinski definition) is 5. The molecule has 5 rings (SSSR count). The van der Waals surface area contributed by atoms with Gasteiger partial charge in [-0.25, -0.2) is 14.8 Å². The first-order valence-corrected chi connectivity index (χ1v) is 14.9. The van der Waals surface area contributed by atoms with E-state index in [4.69, 9.17) is 4.74 Å². The van der Waals surface area contributed by atoms with E-state index in [1.807, 2.05) is 65.6 Å². The summed E-state index contributed by atoms with van der Waals surface area (Å²) in [6.45, 7) is 5.09. The zero-order valence-corrected chi connectivity index (χ0v) is 25.3. The van der Waals surface area contributed by atoms with Crippen molar-refractivity contribution in [2.45, 2.75) is 44.9 Å². The first-order valence-electron chi connectivity index (χ1n) is 14.9. The van der Waals surface area contributed by atoms with Gasteiger partial charge in [0.05, 0.1) is 20.2 Å². The fourth-order valence-corrected chi connectivity index (χ4v) is 6.14. The van der Waals surface area contributed by atoms with Crippen molar-refractivity contribution < 1.29 is 19.1 Å². The van der Waals surface area contributed by atoms with Gasteiger partial charge < -0.3 is 19.9 Å². The Morgan fingerprint density at radius 2 is 1.53 bits per heavy atom. The summed E-state index contributed by atoms with van der Waals surface area (Å²) in [4.78, 5) is 44.9. The molecule has 3 aromatic rings. The highest BCUT2D eigenvalue weighted by Gasteiger charge is 2.51. The largest absolute Gasteiger partial charge is 0.497 e. The third kappa shape index (κ3) is 6.67. The molecule has 226 valence electrons. The van der Waals surface area contributed by atoms with E-state index in [2.05, 4.69) is 43.4 Å². The lowest BCUT2D eigenvalue weighted by atomic mass is 9.89. The van der Waals surface area contributed by atoms with Crippen LogP contribution < -0.4 is 10.1 Å². The maximum atomic E-state index is 14.2. The molecule has 43 heavy (non-hydrogen) atoms. The number of nitrogens with zero attached hydrogens (tertiary/aromatic N) is 4. The quantitative estimate of drug-likeness (QED) is 0.406. The first-order chi connectivity index (χ1) is 20.8. The van der Waals surface area contributed by atoms with Crippen molar-refractivity contribution in [2.75, 3.05) is 33.8 Å². The van der Waals surface area contributed by atoms with Crippen LogP contribution in [0.5, 0.6) is 5.75 Å². The molecule has 0 unspecified atom stereocenters. The van der Waals surface area contributed by atoms with Crippen molar-refractivity contribution in [1.29, 1.82) is 0 Å². The molecular formula is C34H41N5O4. The molecule has 2 saturated heterocycles. The van der Waals surface area contributed by atoms with Gasteiger partial charge in [-0.2, -0.15) is 0 Å². The zero-order chi connectivity index (χ0) is 30.5. The molecular weight excluding hydrogens is 542 g/mol. The van der Waals surface area contributed by atoms with Gasteiger partial charge in [-0.1, -0.05) is 86.6 Å². The number of nitrogens with one attached hydrogen (secondary N) is 1. The predicted molar refractivity (Wildman–Crippen MR) is 165 cm³/mol. The second-order valence-corrected chi connectivity index (χ2v) is 11.7. The van der Waals surface area contributed by atoms with E-state index in [0.29, 0.717) is 19.5 Å². The molecule has 3 aromatic carbocycles. The number of amides is 4. The molecule has 2 aliphatic heterocycles. The van der Waals surface area contributed by atoms with Crippen LogP contribution >= 0.6 is 0 Å². The van der Waals surface area contributed by atoms with Gasteiger partial charge in [0.25, 0.3) is 0 Å². The van der Waals surface area contributed by atoms with E-state index in [-0.39, 0.29) is 42.8 Å². The number of carbonyl (C=O) groups is 3. The van der Waals surface area contributed by atoms with Gasteiger partial charge in [0.1, 0.15) is 18.0 Å². The number of rotatable bonds is 9. The number of methoxy groups -OCH3 is 1. The number of ether oxygens (including phenoxy) is 1. The lowest BCUT2D eigenvalue weighted by molar-refractivity contribution is -0.188. The van der Waals surface area contributed by atoms with E-state index in [1.54, 1.807) is 29.1 Å². The molecule has 2 atom stereocenters. The van der Waals surface area contributed by atoms with Gasteiger partial charge in [0.15, 0.2) is 0 Å². The molecule has 2 aliphatic rings. The van der Waals surface area contributed by atoms with Crippen LogP contribution in [0.3, 0.4) is 0 Å². The van der Waals surface area contributed by atoms with Crippen molar-refractivity contribution in [3.05, 3.63) is 102 Å². The van der Waals surface area contributed by atoms with Gasteiger partial charge in [-0.05, 0) is 41.2 Å². The summed E-state index contributed by atoms with van der Waals surface area (Å²) in [7, 11) is 3.36. The lowest BCUT2D eigenvalue weighted by Gasteiger charge is -2.55. The molecule has 2 heterocycles. The molecule has 0 aliphatic carbocycles. The Morgan fingerprint density at radius 1 is 0.930 bits per heavy atom. The van der Waals surface area contributed by atoms with Crippen LogP contribution in [0.4, 0.5) is 4.79 Å². The fraction of sp³-hybridized carbons (Fsp3) is 0.382. The Morgan fingerprint density at radius 3 is 2.09 bits per heavy atom. The second kappa shape index (κ2) is 13.3. The molecule has 4 amide bonds. The summed E-state index contributed by atoms with van der Waals surface area (Å²) in [5, 5.41) is 6.30. The molecule has 0 bridgehead atoms. The lowest BCUT2D eigenvalue weighted by Crippen LogP contribution is -2.76. The molecule has 9 nitrogen and oxygen atoms in total. The van der Waals surface area contributed by atoms with Crippen LogP contribution in [0.25, 0.3) is 0 Å². The Labute approximate surface area is 254 Å². The SMILES string of the molecule is COc1ccc(CNC(=O)N2[C@H]3CN(CC(c4ccccc4)c4ccccc4)C(=O)[C@H](CC(C)C)N3C(=O)CN2C)cc1. The Kier molecular flexibility index (Phi) is 9.31. The van der Waals surface area contributed by atoms with E-state index >= 15 is 0 Å². The first kappa shape index (κ1) is 30.1. The van der Waals surface area contributed by atoms with Crippen molar-refractivity contribution in [2.24, 2.45) is 5.92 Å². The average Bonchev–Trinajstić information content (AvgIpc) is 3.01. The summed E-state index contributed by atoms with van der Waals surface area (Å²) in [6, 6.07) is 26.9. The highest BCUT2D eigenvalue weighted by molar-refractivity contribution is 5.91. The number of benzene rings is 3. The number of urea groups is 1. The summed E-state index contributed by atoms with van der Waals surface area (Å²) in [5.74, 6) is 0.643. The van der Waals surface area contributed by atoms with E-state index in [9.17, 15) is 14.4 Å². The van der Waals surface area contributed by atoms with Gasteiger partial charge in [0, 0.05) is 26.1 Å². The topological polar surface area (TPSA) is 85.4 Å². The number of carbonyl (C=O) groups excluding carboxylic acids is 3. The van der Waals surface area contributed by atoms with E-state index in [1.165, 1.54) is 0 Å². The van der Waals surface area contributed by atoms with Gasteiger partial charge in [-0.3, -0.25) is 9.59 Å². The van der Waals surface area contributed by atoms with Crippen LogP contribution in [0.1, 0.15) is 42.9 Å². The average molecular weight is 584 g/mol. The minimum absolute atomic E-state index is 0.0188. The number of hydrogen-bond donors (Lipinski definition) is 1. The third-order valence-electron chi connectivity index (χ3n) is 8.25. The molecule has 0 spiro atoms. The van der Waals surface area contributed by atoms with E-state index in [0.717, 1.165) is 22.4 Å². The summed E-state index contributed by atoms with van der Waals surface area (Å²) < 4.78 is 5.24. The zero-order valence-electron chi connectivity index (χ0n) is 25.3. The maximum absolute atomic E-state index is 14.2. The number of piperazine rings is 1. The molecule has 2 fully saturated rings. The second-order valence-electron chi connectivity index (χ2n) is 11.7. The monoisotopic (exact) mass is 583 g/mol. The Hall–Kier alpha value is -4.37. The van der Waals surface area contributed by atoms with Crippen LogP contribution in [0.15, 0.2) is 84.9 Å². The van der Waals surface area contributed by atoms with Crippen LogP contribution in [0.2, 0.25) is 0 Å². The standard InChI is InChI=1S/C34H41N5O4/c1-24(2)19-30-33(41)37(21-29(26-11-7-5-8-12-26)27-13-9-6-10-14-27)22-31-38(30)32(40)23-36(3)39(31)34(42)35-20-25-15-17-28(43-4)18-16-25/h5-18,24,29-31H,19-23H2,1-4H3,(H,35,42)/t30-,31-/m0/s1. The van der Waals surface area contributed by atoms with Crippen molar-refractivity contribution in [3.8, 4) is 5.75 Å². The highest BCUT2D eigenvalue weighted by atomic mass is 16.5.